The van der Waals surface area contributed by atoms with Crippen LogP contribution in [0.25, 0.3) is 10.9 Å². The van der Waals surface area contributed by atoms with Crippen LogP contribution in [0.1, 0.15) is 21.7 Å². The second kappa shape index (κ2) is 9.43. The Hall–Kier alpha value is -3.69. The number of carbonyl (C=O) groups excluding carboxylic acids is 1. The van der Waals surface area contributed by atoms with Crippen molar-refractivity contribution >= 4 is 28.2 Å². The van der Waals surface area contributed by atoms with E-state index in [1.165, 1.54) is 0 Å². The third-order valence-corrected chi connectivity index (χ3v) is 5.61. The molecule has 2 aliphatic heterocycles. The molecule has 1 fully saturated rings. The second-order valence-corrected chi connectivity index (χ2v) is 7.93. The number of aliphatic imine (C=N–C) groups is 1. The molecule has 1 saturated heterocycles. The zero-order valence-electron chi connectivity index (χ0n) is 18.4. The average Bonchev–Trinajstić information content (AvgIpc) is 3.28. The van der Waals surface area contributed by atoms with Crippen LogP contribution in [0, 0.1) is 0 Å². The van der Waals surface area contributed by atoms with Gasteiger partial charge in [0.15, 0.2) is 6.29 Å². The van der Waals surface area contributed by atoms with Crippen LogP contribution in [0.15, 0.2) is 59.9 Å². The molecule has 0 radical (unpaired) electrons. The largest absolute Gasteiger partial charge is 0.380 e. The number of pyridine rings is 1. The van der Waals surface area contributed by atoms with Crippen molar-refractivity contribution in [3.05, 3.63) is 71.8 Å². The van der Waals surface area contributed by atoms with Gasteiger partial charge in [0.2, 0.25) is 0 Å². The predicted molar refractivity (Wildman–Crippen MR) is 126 cm³/mol. The number of carbonyl (C=O) groups is 1. The van der Waals surface area contributed by atoms with E-state index in [2.05, 4.69) is 20.6 Å². The monoisotopic (exact) mass is 446 g/mol. The van der Waals surface area contributed by atoms with Gasteiger partial charge in [-0.15, -0.1) is 0 Å². The van der Waals surface area contributed by atoms with Gasteiger partial charge in [0.25, 0.3) is 5.91 Å². The Morgan fingerprint density at radius 2 is 2.12 bits per heavy atom. The van der Waals surface area contributed by atoms with E-state index in [1.807, 2.05) is 53.6 Å². The number of benzene rings is 1. The minimum Gasteiger partial charge on any atom is -0.380 e. The first-order valence-corrected chi connectivity index (χ1v) is 10.9. The van der Waals surface area contributed by atoms with Gasteiger partial charge in [0, 0.05) is 49.2 Å². The summed E-state index contributed by atoms with van der Waals surface area (Å²) in [6.07, 6.45) is 5.18. The maximum absolute atomic E-state index is 12.8. The number of rotatable bonds is 6. The van der Waals surface area contributed by atoms with E-state index < -0.39 is 0 Å². The SMILES string of the molecule is COCc1ccnc(C2=NC(Nc3ccc4[nH]c(C(=O)N5CCOCC5)cc4c3)NC=C2)c1. The second-order valence-electron chi connectivity index (χ2n) is 7.93. The van der Waals surface area contributed by atoms with Gasteiger partial charge in [-0.2, -0.15) is 0 Å². The fraction of sp³-hybridized carbons (Fsp3) is 0.292. The molecule has 0 bridgehead atoms. The van der Waals surface area contributed by atoms with Crippen LogP contribution in [0.2, 0.25) is 0 Å². The third-order valence-electron chi connectivity index (χ3n) is 5.61. The number of aromatic amines is 1. The molecule has 5 rings (SSSR count). The van der Waals surface area contributed by atoms with Crippen molar-refractivity contribution in [1.82, 2.24) is 20.2 Å². The molecule has 0 saturated carbocycles. The fourth-order valence-electron chi connectivity index (χ4n) is 3.97. The molecular formula is C24H26N6O3. The maximum atomic E-state index is 12.8. The number of allylic oxidation sites excluding steroid dienone is 1. The van der Waals surface area contributed by atoms with Crippen molar-refractivity contribution in [3.8, 4) is 0 Å². The van der Waals surface area contributed by atoms with E-state index in [0.717, 1.165) is 33.6 Å². The summed E-state index contributed by atoms with van der Waals surface area (Å²) in [5, 5.41) is 7.56. The van der Waals surface area contributed by atoms with Crippen molar-refractivity contribution < 1.29 is 14.3 Å². The molecule has 1 atom stereocenters. The quantitative estimate of drug-likeness (QED) is 0.538. The number of hydrogen-bond acceptors (Lipinski definition) is 7. The van der Waals surface area contributed by atoms with Gasteiger partial charge in [0.1, 0.15) is 5.69 Å². The first-order valence-electron chi connectivity index (χ1n) is 10.9. The Morgan fingerprint density at radius 1 is 1.24 bits per heavy atom. The standard InChI is InChI=1S/C24H26N6O3/c1-32-15-16-4-6-25-21(12-16)20-5-7-26-24(29-20)27-18-2-3-19-17(13-18)14-22(28-19)23(31)30-8-10-33-11-9-30/h2-7,12-14,24,26-28H,8-11,15H2,1H3. The molecule has 170 valence electrons. The van der Waals surface area contributed by atoms with Crippen LogP contribution in [-0.4, -0.2) is 66.2 Å². The van der Waals surface area contributed by atoms with Crippen LogP contribution in [0.4, 0.5) is 5.69 Å². The van der Waals surface area contributed by atoms with Crippen molar-refractivity contribution in [2.45, 2.75) is 12.9 Å². The normalized spacial score (nSPS) is 18.2. The highest BCUT2D eigenvalue weighted by molar-refractivity contribution is 6.08. The summed E-state index contributed by atoms with van der Waals surface area (Å²) in [5.74, 6) is 0.000499. The summed E-state index contributed by atoms with van der Waals surface area (Å²) in [7, 11) is 1.67. The smallest absolute Gasteiger partial charge is 0.270 e. The lowest BCUT2D eigenvalue weighted by molar-refractivity contribution is 0.0299. The van der Waals surface area contributed by atoms with Crippen LogP contribution in [0.5, 0.6) is 0 Å². The Labute approximate surface area is 191 Å². The minimum absolute atomic E-state index is 0.000499. The topological polar surface area (TPSA) is 104 Å². The highest BCUT2D eigenvalue weighted by Gasteiger charge is 2.20. The van der Waals surface area contributed by atoms with Gasteiger partial charge in [-0.05, 0) is 48.0 Å². The Kier molecular flexibility index (Phi) is 6.05. The van der Waals surface area contributed by atoms with Gasteiger partial charge < -0.3 is 30.0 Å². The molecule has 3 N–H and O–H groups in total. The number of hydrogen-bond donors (Lipinski definition) is 3. The van der Waals surface area contributed by atoms with Crippen molar-refractivity contribution in [2.24, 2.45) is 4.99 Å². The Bertz CT molecular complexity index is 1210. The third kappa shape index (κ3) is 4.74. The fourth-order valence-corrected chi connectivity index (χ4v) is 3.97. The number of nitrogens with one attached hydrogen (secondary N) is 3. The van der Waals surface area contributed by atoms with Gasteiger partial charge in [-0.25, -0.2) is 4.99 Å². The highest BCUT2D eigenvalue weighted by atomic mass is 16.5. The summed E-state index contributed by atoms with van der Waals surface area (Å²) in [4.78, 5) is 27.0. The van der Waals surface area contributed by atoms with Crippen LogP contribution in [0.3, 0.4) is 0 Å². The van der Waals surface area contributed by atoms with Gasteiger partial charge in [-0.3, -0.25) is 9.78 Å². The summed E-state index contributed by atoms with van der Waals surface area (Å²) in [6.45, 7) is 2.92. The molecule has 0 aliphatic carbocycles. The number of anilines is 1. The molecule has 0 spiro atoms. The Morgan fingerprint density at radius 3 is 2.97 bits per heavy atom. The lowest BCUT2D eigenvalue weighted by atomic mass is 10.1. The van der Waals surface area contributed by atoms with Crippen molar-refractivity contribution in [1.29, 1.82) is 0 Å². The first kappa shape index (κ1) is 21.2. The molecule has 9 nitrogen and oxygen atoms in total. The molecule has 2 aromatic heterocycles. The molecule has 3 aromatic rings. The lowest BCUT2D eigenvalue weighted by Crippen LogP contribution is -2.40. The number of amides is 1. The van der Waals surface area contributed by atoms with Crippen LogP contribution in [-0.2, 0) is 16.1 Å². The van der Waals surface area contributed by atoms with Gasteiger partial charge >= 0.3 is 0 Å². The summed E-state index contributed by atoms with van der Waals surface area (Å²) >= 11 is 0. The summed E-state index contributed by atoms with van der Waals surface area (Å²) in [5.41, 5.74) is 5.01. The van der Waals surface area contributed by atoms with Crippen LogP contribution < -0.4 is 10.6 Å². The molecule has 2 aliphatic rings. The Balaban J connectivity index is 1.32. The van der Waals surface area contributed by atoms with Gasteiger partial charge in [0.05, 0.1) is 31.2 Å². The number of fused-ring (bicyclic) bond motifs is 1. The maximum Gasteiger partial charge on any atom is 0.270 e. The lowest BCUT2D eigenvalue weighted by Gasteiger charge is -2.26. The number of nitrogens with zero attached hydrogens (tertiary/aromatic N) is 3. The van der Waals surface area contributed by atoms with E-state index in [-0.39, 0.29) is 12.2 Å². The number of methoxy groups -OCH3 is 1. The van der Waals surface area contributed by atoms with E-state index >= 15 is 0 Å². The average molecular weight is 447 g/mol. The zero-order valence-corrected chi connectivity index (χ0v) is 18.4. The molecular weight excluding hydrogens is 420 g/mol. The van der Waals surface area contributed by atoms with E-state index in [9.17, 15) is 4.79 Å². The van der Waals surface area contributed by atoms with Crippen molar-refractivity contribution in [2.75, 3.05) is 38.7 Å². The first-order chi connectivity index (χ1) is 16.2. The van der Waals surface area contributed by atoms with E-state index in [0.29, 0.717) is 38.6 Å². The number of morpholine rings is 1. The van der Waals surface area contributed by atoms with Crippen molar-refractivity contribution in [3.63, 3.8) is 0 Å². The number of H-pyrrole nitrogens is 1. The number of aromatic nitrogens is 2. The van der Waals surface area contributed by atoms with Gasteiger partial charge in [-0.1, -0.05) is 0 Å². The highest BCUT2D eigenvalue weighted by Crippen LogP contribution is 2.22. The molecule has 4 heterocycles. The number of ether oxygens (including phenoxy) is 2. The van der Waals surface area contributed by atoms with E-state index in [1.54, 1.807) is 13.3 Å². The molecule has 1 unspecified atom stereocenters. The molecule has 9 heteroatoms. The molecule has 33 heavy (non-hydrogen) atoms. The van der Waals surface area contributed by atoms with E-state index in [4.69, 9.17) is 14.5 Å². The van der Waals surface area contributed by atoms with Crippen LogP contribution >= 0.6 is 0 Å². The zero-order chi connectivity index (χ0) is 22.6. The molecule has 1 aromatic carbocycles. The minimum atomic E-state index is -0.344. The summed E-state index contributed by atoms with van der Waals surface area (Å²) < 4.78 is 10.6. The summed E-state index contributed by atoms with van der Waals surface area (Å²) in [6, 6.07) is 11.7. The predicted octanol–water partition coefficient (Wildman–Crippen LogP) is 2.48. The molecule has 1 amide bonds.